The molecule has 3 aromatic rings. The van der Waals surface area contributed by atoms with E-state index in [9.17, 15) is 13.2 Å². The zero-order valence-electron chi connectivity index (χ0n) is 17.9. The van der Waals surface area contributed by atoms with E-state index in [4.69, 9.17) is 19.5 Å². The molecule has 0 saturated heterocycles. The highest BCUT2D eigenvalue weighted by molar-refractivity contribution is 7.92. The topological polar surface area (TPSA) is 127 Å². The van der Waals surface area contributed by atoms with Crippen molar-refractivity contribution in [2.24, 2.45) is 0 Å². The maximum absolute atomic E-state index is 13.0. The maximum atomic E-state index is 13.0. The Hall–Kier alpha value is -4.23. The van der Waals surface area contributed by atoms with Gasteiger partial charge in [0.15, 0.2) is 6.61 Å². The summed E-state index contributed by atoms with van der Waals surface area (Å²) in [5, 5.41) is 11.7. The van der Waals surface area contributed by atoms with Crippen LogP contribution in [0.1, 0.15) is 5.56 Å². The Morgan fingerprint density at radius 2 is 1.64 bits per heavy atom. The number of amides is 1. The summed E-state index contributed by atoms with van der Waals surface area (Å²) in [6.07, 6.45) is 0. The highest BCUT2D eigenvalue weighted by Gasteiger charge is 2.21. The van der Waals surface area contributed by atoms with Crippen LogP contribution < -0.4 is 24.2 Å². The van der Waals surface area contributed by atoms with Crippen LogP contribution in [0.3, 0.4) is 0 Å². The summed E-state index contributed by atoms with van der Waals surface area (Å²) >= 11 is 0. The Morgan fingerprint density at radius 1 is 0.939 bits per heavy atom. The molecule has 0 fully saturated rings. The minimum Gasteiger partial charge on any atom is -0.497 e. The van der Waals surface area contributed by atoms with Crippen LogP contribution in [0.25, 0.3) is 0 Å². The number of rotatable bonds is 9. The minimum atomic E-state index is -4.03. The van der Waals surface area contributed by atoms with Crippen LogP contribution in [-0.4, -0.2) is 35.2 Å². The molecule has 9 nitrogen and oxygen atoms in total. The van der Waals surface area contributed by atoms with E-state index in [1.807, 2.05) is 6.07 Å². The predicted octanol–water partition coefficient (Wildman–Crippen LogP) is 3.39. The third-order valence-corrected chi connectivity index (χ3v) is 5.85. The molecule has 0 aliphatic carbocycles. The molecule has 3 rings (SSSR count). The fourth-order valence-corrected chi connectivity index (χ4v) is 4.11. The van der Waals surface area contributed by atoms with Gasteiger partial charge in [0, 0.05) is 11.4 Å². The highest BCUT2D eigenvalue weighted by atomic mass is 32.2. The quantitative estimate of drug-likeness (QED) is 0.494. The first-order valence-corrected chi connectivity index (χ1v) is 11.1. The lowest BCUT2D eigenvalue weighted by molar-refractivity contribution is -0.118. The zero-order chi connectivity index (χ0) is 23.8. The number of hydrogen-bond acceptors (Lipinski definition) is 7. The fourth-order valence-electron chi connectivity index (χ4n) is 2.86. The second kappa shape index (κ2) is 10.4. The number of carbonyl (C=O) groups is 1. The summed E-state index contributed by atoms with van der Waals surface area (Å²) < 4.78 is 44.1. The van der Waals surface area contributed by atoms with Crippen molar-refractivity contribution < 1.29 is 27.4 Å². The summed E-state index contributed by atoms with van der Waals surface area (Å²) in [4.78, 5) is 12.2. The normalized spacial score (nSPS) is 10.6. The van der Waals surface area contributed by atoms with Crippen molar-refractivity contribution in [1.29, 1.82) is 5.26 Å². The van der Waals surface area contributed by atoms with E-state index in [1.54, 1.807) is 48.5 Å². The summed E-state index contributed by atoms with van der Waals surface area (Å²) in [6, 6.07) is 19.1. The molecule has 0 unspecified atom stereocenters. The van der Waals surface area contributed by atoms with Crippen molar-refractivity contribution in [2.45, 2.75) is 4.90 Å². The third-order valence-electron chi connectivity index (χ3n) is 4.45. The van der Waals surface area contributed by atoms with Gasteiger partial charge in [-0.25, -0.2) is 8.42 Å². The number of benzene rings is 3. The largest absolute Gasteiger partial charge is 0.497 e. The van der Waals surface area contributed by atoms with Gasteiger partial charge in [0.05, 0.1) is 19.8 Å². The van der Waals surface area contributed by atoms with E-state index in [0.717, 1.165) is 0 Å². The van der Waals surface area contributed by atoms with Crippen LogP contribution in [0, 0.1) is 11.3 Å². The van der Waals surface area contributed by atoms with Crippen LogP contribution in [0.4, 0.5) is 11.4 Å². The zero-order valence-corrected chi connectivity index (χ0v) is 18.7. The van der Waals surface area contributed by atoms with Crippen molar-refractivity contribution in [3.63, 3.8) is 0 Å². The van der Waals surface area contributed by atoms with Gasteiger partial charge in [-0.05, 0) is 54.6 Å². The van der Waals surface area contributed by atoms with Gasteiger partial charge in [-0.2, -0.15) is 5.26 Å². The highest BCUT2D eigenvalue weighted by Crippen LogP contribution is 2.29. The molecule has 2 N–H and O–H groups in total. The molecule has 0 bridgehead atoms. The second-order valence-electron chi connectivity index (χ2n) is 6.64. The fraction of sp³-hybridized carbons (Fsp3) is 0.130. The SMILES string of the molecule is COc1ccc(NS(=O)(=O)c2cc(NC(=O)COc3ccccc3C#N)ccc2OC)cc1. The number of nitrogens with zero attached hydrogens (tertiary/aromatic N) is 1. The van der Waals surface area contributed by atoms with Gasteiger partial charge in [-0.3, -0.25) is 9.52 Å². The van der Waals surface area contributed by atoms with E-state index in [1.165, 1.54) is 32.4 Å². The number of methoxy groups -OCH3 is 2. The van der Waals surface area contributed by atoms with E-state index < -0.39 is 15.9 Å². The maximum Gasteiger partial charge on any atom is 0.265 e. The van der Waals surface area contributed by atoms with Gasteiger partial charge < -0.3 is 19.5 Å². The molecule has 0 spiro atoms. The first kappa shape index (κ1) is 23.4. The standard InChI is InChI=1S/C23H21N3O6S/c1-30-19-10-7-17(8-11-19)26-33(28,29)22-13-18(9-12-21(22)31-2)25-23(27)15-32-20-6-4-3-5-16(20)14-24/h3-13,26H,15H2,1-2H3,(H,25,27). The van der Waals surface area contributed by atoms with Crippen LogP contribution in [0.2, 0.25) is 0 Å². The molecule has 0 aliphatic rings. The van der Waals surface area contributed by atoms with Gasteiger partial charge in [-0.15, -0.1) is 0 Å². The van der Waals surface area contributed by atoms with Crippen LogP contribution in [0.5, 0.6) is 17.2 Å². The Kier molecular flexibility index (Phi) is 7.38. The van der Waals surface area contributed by atoms with Gasteiger partial charge >= 0.3 is 0 Å². The van der Waals surface area contributed by atoms with Crippen molar-refractivity contribution in [1.82, 2.24) is 0 Å². The molecule has 0 aliphatic heterocycles. The molecule has 0 atom stereocenters. The molecule has 33 heavy (non-hydrogen) atoms. The van der Waals surface area contributed by atoms with E-state index in [0.29, 0.717) is 17.0 Å². The Bertz CT molecular complexity index is 1280. The van der Waals surface area contributed by atoms with E-state index in [-0.39, 0.29) is 28.7 Å². The summed E-state index contributed by atoms with van der Waals surface area (Å²) in [6.45, 7) is -0.364. The first-order chi connectivity index (χ1) is 15.9. The molecule has 3 aromatic carbocycles. The average Bonchev–Trinajstić information content (AvgIpc) is 2.83. The van der Waals surface area contributed by atoms with E-state index in [2.05, 4.69) is 10.0 Å². The molecule has 10 heteroatoms. The number of carbonyl (C=O) groups excluding carboxylic acids is 1. The Balaban J connectivity index is 1.75. The van der Waals surface area contributed by atoms with Crippen LogP contribution in [-0.2, 0) is 14.8 Å². The molecule has 0 aromatic heterocycles. The van der Waals surface area contributed by atoms with Gasteiger partial charge in [0.2, 0.25) is 0 Å². The number of nitrogens with one attached hydrogen (secondary N) is 2. The van der Waals surface area contributed by atoms with Gasteiger partial charge in [0.1, 0.15) is 28.2 Å². The van der Waals surface area contributed by atoms with Gasteiger partial charge in [-0.1, -0.05) is 12.1 Å². The lowest BCUT2D eigenvalue weighted by Gasteiger charge is -2.14. The van der Waals surface area contributed by atoms with Crippen molar-refractivity contribution in [3.8, 4) is 23.3 Å². The third kappa shape index (κ3) is 5.93. The van der Waals surface area contributed by atoms with Crippen molar-refractivity contribution >= 4 is 27.3 Å². The molecule has 0 radical (unpaired) electrons. The first-order valence-electron chi connectivity index (χ1n) is 9.63. The number of para-hydroxylation sites is 1. The number of sulfonamides is 1. The monoisotopic (exact) mass is 467 g/mol. The molecule has 0 saturated carbocycles. The number of ether oxygens (including phenoxy) is 3. The number of anilines is 2. The molecular weight excluding hydrogens is 446 g/mol. The Labute approximate surface area is 191 Å². The number of nitriles is 1. The summed E-state index contributed by atoms with van der Waals surface area (Å²) in [5.41, 5.74) is 0.859. The van der Waals surface area contributed by atoms with Crippen molar-refractivity contribution in [2.75, 3.05) is 30.9 Å². The van der Waals surface area contributed by atoms with Crippen LogP contribution in [0.15, 0.2) is 71.6 Å². The second-order valence-corrected chi connectivity index (χ2v) is 8.30. The Morgan fingerprint density at radius 3 is 2.30 bits per heavy atom. The lowest BCUT2D eigenvalue weighted by Crippen LogP contribution is -2.21. The predicted molar refractivity (Wildman–Crippen MR) is 122 cm³/mol. The smallest absolute Gasteiger partial charge is 0.265 e. The molecular formula is C23H21N3O6S. The van der Waals surface area contributed by atoms with E-state index >= 15 is 0 Å². The molecule has 1 amide bonds. The average molecular weight is 468 g/mol. The summed E-state index contributed by atoms with van der Waals surface area (Å²) in [5.74, 6) is 0.435. The molecule has 0 heterocycles. The minimum absolute atomic E-state index is 0.105. The van der Waals surface area contributed by atoms with Crippen LogP contribution >= 0.6 is 0 Å². The number of hydrogen-bond donors (Lipinski definition) is 2. The summed E-state index contributed by atoms with van der Waals surface area (Å²) in [7, 11) is -1.17. The molecule has 170 valence electrons. The van der Waals surface area contributed by atoms with Gasteiger partial charge in [0.25, 0.3) is 15.9 Å². The van der Waals surface area contributed by atoms with Crippen molar-refractivity contribution in [3.05, 3.63) is 72.3 Å². The lowest BCUT2D eigenvalue weighted by atomic mass is 10.2.